The average Bonchev–Trinajstić information content (AvgIpc) is 2.69. The van der Waals surface area contributed by atoms with Gasteiger partial charge in [-0.1, -0.05) is 23.4 Å². The van der Waals surface area contributed by atoms with Gasteiger partial charge in [0.05, 0.1) is 28.0 Å². The Morgan fingerprint density at radius 3 is 2.43 bits per heavy atom. The number of anilines is 1. The van der Waals surface area contributed by atoms with Crippen LogP contribution in [0.25, 0.3) is 10.9 Å². The fourth-order valence-electron chi connectivity index (χ4n) is 3.26. The first-order valence-electron chi connectivity index (χ1n) is 9.91. The van der Waals surface area contributed by atoms with E-state index in [1.54, 1.807) is 31.2 Å². The van der Waals surface area contributed by atoms with Crippen LogP contribution in [0.2, 0.25) is 0 Å². The zero-order valence-corrected chi connectivity index (χ0v) is 18.7. The van der Waals surface area contributed by atoms with Gasteiger partial charge in [-0.05, 0) is 82.1 Å². The molecule has 0 saturated carbocycles. The highest BCUT2D eigenvalue weighted by molar-refractivity contribution is 8.00. The molecule has 0 aliphatic heterocycles. The monoisotopic (exact) mass is 422 g/mol. The van der Waals surface area contributed by atoms with E-state index in [0.717, 1.165) is 27.1 Å². The van der Waals surface area contributed by atoms with E-state index in [1.165, 1.54) is 17.3 Å². The minimum absolute atomic E-state index is 0.121. The SMILES string of the molecule is CCOC(=O)c1ccc(NC(=O)C(C)Sc2cc(C)c3cc(C)cc(C)c3n2)cc1. The summed E-state index contributed by atoms with van der Waals surface area (Å²) in [7, 11) is 0. The molecule has 1 aromatic heterocycles. The van der Waals surface area contributed by atoms with Crippen LogP contribution in [-0.4, -0.2) is 28.7 Å². The van der Waals surface area contributed by atoms with Crippen LogP contribution >= 0.6 is 11.8 Å². The lowest BCUT2D eigenvalue weighted by atomic mass is 10.0. The van der Waals surface area contributed by atoms with E-state index < -0.39 is 0 Å². The summed E-state index contributed by atoms with van der Waals surface area (Å²) in [6.45, 7) is 10.2. The van der Waals surface area contributed by atoms with Crippen LogP contribution in [0.15, 0.2) is 47.5 Å². The Bertz CT molecular complexity index is 1090. The van der Waals surface area contributed by atoms with Gasteiger partial charge in [0.15, 0.2) is 0 Å². The highest BCUT2D eigenvalue weighted by atomic mass is 32.2. The van der Waals surface area contributed by atoms with Crippen LogP contribution in [-0.2, 0) is 9.53 Å². The number of carbonyl (C=O) groups is 2. The topological polar surface area (TPSA) is 68.3 Å². The van der Waals surface area contributed by atoms with Crippen LogP contribution in [0.3, 0.4) is 0 Å². The summed E-state index contributed by atoms with van der Waals surface area (Å²) in [5.74, 6) is -0.494. The van der Waals surface area contributed by atoms with Gasteiger partial charge in [0.2, 0.25) is 5.91 Å². The van der Waals surface area contributed by atoms with Crippen molar-refractivity contribution in [1.29, 1.82) is 0 Å². The molecule has 1 amide bonds. The number of ether oxygens (including phenoxy) is 1. The predicted molar refractivity (Wildman–Crippen MR) is 122 cm³/mol. The number of nitrogens with one attached hydrogen (secondary N) is 1. The van der Waals surface area contributed by atoms with Crippen molar-refractivity contribution in [3.8, 4) is 0 Å². The molecule has 0 fully saturated rings. The fraction of sp³-hybridized carbons (Fsp3) is 0.292. The molecule has 0 aliphatic rings. The van der Waals surface area contributed by atoms with Gasteiger partial charge in [-0.3, -0.25) is 4.79 Å². The summed E-state index contributed by atoms with van der Waals surface area (Å²) in [4.78, 5) is 29.2. The number of thioether (sulfide) groups is 1. The van der Waals surface area contributed by atoms with E-state index in [2.05, 4.69) is 38.2 Å². The van der Waals surface area contributed by atoms with E-state index in [-0.39, 0.29) is 17.1 Å². The number of amides is 1. The zero-order valence-electron chi connectivity index (χ0n) is 17.9. The number of fused-ring (bicyclic) bond motifs is 1. The second-order valence-electron chi connectivity index (χ2n) is 7.30. The number of esters is 1. The molecule has 3 aromatic rings. The standard InChI is InChI=1S/C24H26N2O3S/c1-6-29-24(28)18-7-9-19(10-8-18)25-23(27)17(5)30-21-13-15(3)20-12-14(2)11-16(4)22(20)26-21/h7-13,17H,6H2,1-5H3,(H,25,27). The first-order chi connectivity index (χ1) is 14.3. The first kappa shape index (κ1) is 21.8. The molecular weight excluding hydrogens is 396 g/mol. The van der Waals surface area contributed by atoms with Crippen LogP contribution in [0.1, 0.15) is 40.9 Å². The largest absolute Gasteiger partial charge is 0.462 e. The predicted octanol–water partition coefficient (Wildman–Crippen LogP) is 5.46. The minimum Gasteiger partial charge on any atom is -0.462 e. The molecule has 0 saturated heterocycles. The van der Waals surface area contributed by atoms with E-state index >= 15 is 0 Å². The molecule has 0 spiro atoms. The average molecular weight is 423 g/mol. The molecule has 6 heteroatoms. The Balaban J connectivity index is 1.70. The highest BCUT2D eigenvalue weighted by Gasteiger charge is 2.17. The Kier molecular flexibility index (Phi) is 6.77. The number of hydrogen-bond donors (Lipinski definition) is 1. The fourth-order valence-corrected chi connectivity index (χ4v) is 4.17. The summed E-state index contributed by atoms with van der Waals surface area (Å²) in [6, 6.07) is 13.0. The molecule has 1 unspecified atom stereocenters. The van der Waals surface area contributed by atoms with Crippen molar-refractivity contribution in [3.05, 3.63) is 64.7 Å². The summed E-state index contributed by atoms with van der Waals surface area (Å²) in [5, 5.41) is 4.54. The van der Waals surface area contributed by atoms with Gasteiger partial charge in [-0.15, -0.1) is 0 Å². The van der Waals surface area contributed by atoms with Gasteiger partial charge in [0.25, 0.3) is 0 Å². The lowest BCUT2D eigenvalue weighted by Gasteiger charge is -2.14. The molecule has 2 aromatic carbocycles. The molecule has 1 heterocycles. The third kappa shape index (κ3) is 5.00. The van der Waals surface area contributed by atoms with Gasteiger partial charge in [-0.25, -0.2) is 9.78 Å². The lowest BCUT2D eigenvalue weighted by Crippen LogP contribution is -2.22. The van der Waals surface area contributed by atoms with E-state index in [4.69, 9.17) is 9.72 Å². The molecule has 1 N–H and O–H groups in total. The molecular formula is C24H26N2O3S. The molecule has 156 valence electrons. The minimum atomic E-state index is -0.373. The number of nitrogens with zero attached hydrogens (tertiary/aromatic N) is 1. The molecule has 3 rings (SSSR count). The second kappa shape index (κ2) is 9.30. The Hall–Kier alpha value is -2.86. The number of hydrogen-bond acceptors (Lipinski definition) is 5. The second-order valence-corrected chi connectivity index (χ2v) is 8.66. The Labute approximate surface area is 181 Å². The maximum Gasteiger partial charge on any atom is 0.338 e. The van der Waals surface area contributed by atoms with Gasteiger partial charge < -0.3 is 10.1 Å². The van der Waals surface area contributed by atoms with Crippen LogP contribution in [0.5, 0.6) is 0 Å². The number of aryl methyl sites for hydroxylation is 3. The molecule has 0 aliphatic carbocycles. The van der Waals surface area contributed by atoms with Crippen molar-refractivity contribution in [2.75, 3.05) is 11.9 Å². The van der Waals surface area contributed by atoms with Gasteiger partial charge in [0, 0.05) is 11.1 Å². The van der Waals surface area contributed by atoms with E-state index in [0.29, 0.717) is 17.9 Å². The third-order valence-electron chi connectivity index (χ3n) is 4.76. The van der Waals surface area contributed by atoms with Crippen LogP contribution in [0.4, 0.5) is 5.69 Å². The van der Waals surface area contributed by atoms with E-state index in [9.17, 15) is 9.59 Å². The number of aromatic nitrogens is 1. The Morgan fingerprint density at radius 1 is 1.07 bits per heavy atom. The van der Waals surface area contributed by atoms with E-state index in [1.807, 2.05) is 13.0 Å². The normalized spacial score (nSPS) is 11.9. The molecule has 0 bridgehead atoms. The van der Waals surface area contributed by atoms with Crippen molar-refractivity contribution in [2.24, 2.45) is 0 Å². The van der Waals surface area contributed by atoms with Crippen molar-refractivity contribution in [1.82, 2.24) is 4.98 Å². The number of carbonyl (C=O) groups excluding carboxylic acids is 2. The Morgan fingerprint density at radius 2 is 1.77 bits per heavy atom. The first-order valence-corrected chi connectivity index (χ1v) is 10.8. The maximum atomic E-state index is 12.6. The van der Waals surface area contributed by atoms with Crippen LogP contribution in [0, 0.1) is 20.8 Å². The third-order valence-corrected chi connectivity index (χ3v) is 5.78. The van der Waals surface area contributed by atoms with Crippen molar-refractivity contribution in [3.63, 3.8) is 0 Å². The van der Waals surface area contributed by atoms with Crippen LogP contribution < -0.4 is 5.32 Å². The van der Waals surface area contributed by atoms with Crippen molar-refractivity contribution in [2.45, 2.75) is 44.9 Å². The lowest BCUT2D eigenvalue weighted by molar-refractivity contribution is -0.115. The van der Waals surface area contributed by atoms with Gasteiger partial charge in [0.1, 0.15) is 0 Å². The van der Waals surface area contributed by atoms with Crippen molar-refractivity contribution < 1.29 is 14.3 Å². The zero-order chi connectivity index (χ0) is 21.8. The number of pyridine rings is 1. The number of benzene rings is 2. The summed E-state index contributed by atoms with van der Waals surface area (Å²) in [6.07, 6.45) is 0. The molecule has 5 nitrogen and oxygen atoms in total. The van der Waals surface area contributed by atoms with Crippen molar-refractivity contribution >= 4 is 40.2 Å². The quantitative estimate of drug-likeness (QED) is 0.422. The van der Waals surface area contributed by atoms with Gasteiger partial charge >= 0.3 is 5.97 Å². The maximum absolute atomic E-state index is 12.6. The molecule has 0 radical (unpaired) electrons. The molecule has 30 heavy (non-hydrogen) atoms. The summed E-state index contributed by atoms with van der Waals surface area (Å²) >= 11 is 1.43. The smallest absolute Gasteiger partial charge is 0.338 e. The summed E-state index contributed by atoms with van der Waals surface area (Å²) in [5.41, 5.74) is 5.57. The highest BCUT2D eigenvalue weighted by Crippen LogP contribution is 2.29. The summed E-state index contributed by atoms with van der Waals surface area (Å²) < 4.78 is 4.97. The van der Waals surface area contributed by atoms with Gasteiger partial charge in [-0.2, -0.15) is 0 Å². The molecule has 1 atom stereocenters. The number of rotatable bonds is 6.